The minimum Gasteiger partial charge on any atom is -0.494 e. The Morgan fingerprint density at radius 1 is 0.900 bits per heavy atom. The molecule has 2 amide bonds. The van der Waals surface area contributed by atoms with Crippen LogP contribution in [0.5, 0.6) is 5.75 Å². The van der Waals surface area contributed by atoms with Gasteiger partial charge in [-0.1, -0.05) is 37.8 Å². The second kappa shape index (κ2) is 9.21. The third-order valence-corrected chi connectivity index (χ3v) is 6.55. The van der Waals surface area contributed by atoms with E-state index in [0.29, 0.717) is 17.9 Å². The molecule has 162 valence electrons. The van der Waals surface area contributed by atoms with Crippen molar-refractivity contribution in [2.24, 2.45) is 0 Å². The van der Waals surface area contributed by atoms with Gasteiger partial charge in [0.15, 0.2) is 0 Å². The molecule has 0 N–H and O–H groups in total. The van der Waals surface area contributed by atoms with Crippen molar-refractivity contribution >= 4 is 17.4 Å². The maximum absolute atomic E-state index is 13.6. The van der Waals surface area contributed by atoms with Crippen LogP contribution >= 0.6 is 0 Å². The number of benzene rings is 1. The molecule has 6 heteroatoms. The highest BCUT2D eigenvalue weighted by Crippen LogP contribution is 2.36. The summed E-state index contributed by atoms with van der Waals surface area (Å²) in [6.07, 6.45) is 6.40. The normalized spacial score (nSPS) is 22.1. The van der Waals surface area contributed by atoms with Crippen LogP contribution in [0.2, 0.25) is 0 Å². The highest BCUT2D eigenvalue weighted by atomic mass is 16.5. The molecule has 2 heterocycles. The van der Waals surface area contributed by atoms with Crippen LogP contribution in [0.1, 0.15) is 51.0 Å². The molecule has 2 fully saturated rings. The van der Waals surface area contributed by atoms with E-state index in [1.807, 2.05) is 31.2 Å². The van der Waals surface area contributed by atoms with Crippen molar-refractivity contribution in [1.29, 1.82) is 0 Å². The minimum absolute atomic E-state index is 0.0233. The zero-order valence-corrected chi connectivity index (χ0v) is 18.2. The number of piperazine rings is 1. The molecule has 4 rings (SSSR count). The van der Waals surface area contributed by atoms with E-state index in [1.54, 1.807) is 4.90 Å². The van der Waals surface area contributed by atoms with Crippen LogP contribution in [0.4, 0.5) is 0 Å². The smallest absolute Gasteiger partial charge is 0.278 e. The van der Waals surface area contributed by atoms with E-state index >= 15 is 0 Å². The Hall–Kier alpha value is -2.34. The third-order valence-electron chi connectivity index (χ3n) is 6.55. The predicted molar refractivity (Wildman–Crippen MR) is 117 cm³/mol. The number of likely N-dealkylation sites (N-methyl/N-ethyl adjacent to an activating group) is 1. The number of ether oxygens (including phenoxy) is 1. The fraction of sp³-hybridized carbons (Fsp3) is 0.583. The van der Waals surface area contributed by atoms with Gasteiger partial charge in [0.1, 0.15) is 11.4 Å². The number of nitrogens with zero attached hydrogens (tertiary/aromatic N) is 3. The van der Waals surface area contributed by atoms with Crippen molar-refractivity contribution < 1.29 is 14.3 Å². The lowest BCUT2D eigenvalue weighted by Gasteiger charge is -2.35. The fourth-order valence-electron chi connectivity index (χ4n) is 4.85. The van der Waals surface area contributed by atoms with Crippen molar-refractivity contribution in [1.82, 2.24) is 14.7 Å². The Morgan fingerprint density at radius 3 is 2.13 bits per heavy atom. The zero-order valence-electron chi connectivity index (χ0n) is 18.2. The van der Waals surface area contributed by atoms with Crippen LogP contribution in [0.25, 0.3) is 5.57 Å². The van der Waals surface area contributed by atoms with Gasteiger partial charge >= 0.3 is 0 Å². The molecular formula is C24H33N3O3. The lowest BCUT2D eigenvalue weighted by Crippen LogP contribution is -2.47. The first-order valence-corrected chi connectivity index (χ1v) is 11.4. The molecule has 6 nitrogen and oxygen atoms in total. The Labute approximate surface area is 179 Å². The second-order valence-corrected chi connectivity index (χ2v) is 8.60. The molecule has 3 aliphatic rings. The van der Waals surface area contributed by atoms with Gasteiger partial charge in [0.25, 0.3) is 11.8 Å². The predicted octanol–water partition coefficient (Wildman–Crippen LogP) is 3.14. The van der Waals surface area contributed by atoms with Crippen LogP contribution in [0, 0.1) is 0 Å². The number of hydrogen-bond donors (Lipinski definition) is 0. The van der Waals surface area contributed by atoms with E-state index in [0.717, 1.165) is 63.2 Å². The largest absolute Gasteiger partial charge is 0.494 e. The average molecular weight is 412 g/mol. The van der Waals surface area contributed by atoms with E-state index in [2.05, 4.69) is 16.8 Å². The van der Waals surface area contributed by atoms with E-state index in [9.17, 15) is 9.59 Å². The number of carbonyl (C=O) groups excluding carboxylic acids is 2. The molecule has 0 spiro atoms. The Morgan fingerprint density at radius 2 is 1.53 bits per heavy atom. The van der Waals surface area contributed by atoms with Crippen LogP contribution in [0.15, 0.2) is 30.0 Å². The van der Waals surface area contributed by atoms with Crippen molar-refractivity contribution in [3.05, 3.63) is 35.5 Å². The zero-order chi connectivity index (χ0) is 21.1. The molecule has 2 aliphatic heterocycles. The average Bonchev–Trinajstić information content (AvgIpc) is 2.91. The van der Waals surface area contributed by atoms with E-state index in [1.165, 1.54) is 12.8 Å². The number of hydrogen-bond acceptors (Lipinski definition) is 5. The van der Waals surface area contributed by atoms with E-state index in [-0.39, 0.29) is 17.9 Å². The molecule has 0 atom stereocenters. The minimum atomic E-state index is -0.120. The van der Waals surface area contributed by atoms with Crippen LogP contribution < -0.4 is 4.74 Å². The fourth-order valence-corrected chi connectivity index (χ4v) is 4.85. The lowest BCUT2D eigenvalue weighted by atomic mass is 10.0. The number of carbonyl (C=O) groups is 2. The van der Waals surface area contributed by atoms with E-state index in [4.69, 9.17) is 4.74 Å². The van der Waals surface area contributed by atoms with Gasteiger partial charge in [0.2, 0.25) is 0 Å². The molecule has 30 heavy (non-hydrogen) atoms. The summed E-state index contributed by atoms with van der Waals surface area (Å²) in [5.41, 5.74) is 1.97. The molecule has 1 aromatic rings. The molecule has 0 radical (unpaired) electrons. The topological polar surface area (TPSA) is 53.1 Å². The van der Waals surface area contributed by atoms with Crippen molar-refractivity contribution in [2.45, 2.75) is 51.5 Å². The van der Waals surface area contributed by atoms with Crippen molar-refractivity contribution in [3.8, 4) is 5.75 Å². The van der Waals surface area contributed by atoms with E-state index < -0.39 is 0 Å². The molecular weight excluding hydrogens is 378 g/mol. The maximum atomic E-state index is 13.6. The summed E-state index contributed by atoms with van der Waals surface area (Å²) in [6, 6.07) is 7.63. The highest BCUT2D eigenvalue weighted by Gasteiger charge is 2.45. The molecule has 1 aliphatic carbocycles. The highest BCUT2D eigenvalue weighted by molar-refractivity contribution is 6.35. The lowest BCUT2D eigenvalue weighted by molar-refractivity contribution is -0.140. The quantitative estimate of drug-likeness (QED) is 0.550. The molecule has 1 saturated carbocycles. The summed E-state index contributed by atoms with van der Waals surface area (Å²) >= 11 is 0. The number of amides is 2. The maximum Gasteiger partial charge on any atom is 0.278 e. The summed E-state index contributed by atoms with van der Waals surface area (Å²) in [7, 11) is 2.10. The summed E-state index contributed by atoms with van der Waals surface area (Å²) in [6.45, 7) is 5.87. The number of rotatable bonds is 5. The summed E-state index contributed by atoms with van der Waals surface area (Å²) in [5.74, 6) is 0.561. The van der Waals surface area contributed by atoms with Gasteiger partial charge in [0.05, 0.1) is 12.2 Å². The second-order valence-electron chi connectivity index (χ2n) is 8.60. The summed E-state index contributed by atoms with van der Waals surface area (Å²) in [4.78, 5) is 33.2. The molecule has 1 saturated heterocycles. The van der Waals surface area contributed by atoms with Crippen molar-refractivity contribution in [3.63, 3.8) is 0 Å². The summed E-state index contributed by atoms with van der Waals surface area (Å²) < 4.78 is 5.56. The Balaban J connectivity index is 1.70. The first-order valence-electron chi connectivity index (χ1n) is 11.4. The van der Waals surface area contributed by atoms with Gasteiger partial charge in [-0.2, -0.15) is 0 Å². The monoisotopic (exact) mass is 411 g/mol. The molecule has 0 bridgehead atoms. The molecule has 0 unspecified atom stereocenters. The number of imide groups is 1. The van der Waals surface area contributed by atoms with Gasteiger partial charge in [-0.25, -0.2) is 0 Å². The van der Waals surface area contributed by atoms with Crippen LogP contribution in [-0.4, -0.2) is 72.4 Å². The SMILES string of the molecule is CCOc1ccc(C2=C(N3CCN(C)CC3)C(=O)N(C3CCCCCC3)C2=O)cc1. The van der Waals surface area contributed by atoms with Crippen LogP contribution in [-0.2, 0) is 9.59 Å². The van der Waals surface area contributed by atoms with Crippen LogP contribution in [0.3, 0.4) is 0 Å². The first kappa shape index (κ1) is 20.9. The van der Waals surface area contributed by atoms with Gasteiger partial charge in [0, 0.05) is 32.2 Å². The molecule has 0 aromatic heterocycles. The molecule has 1 aromatic carbocycles. The van der Waals surface area contributed by atoms with Gasteiger partial charge in [-0.05, 0) is 44.5 Å². The van der Waals surface area contributed by atoms with Gasteiger partial charge < -0.3 is 14.5 Å². The first-order chi connectivity index (χ1) is 14.6. The Bertz CT molecular complexity index is 801. The van der Waals surface area contributed by atoms with Gasteiger partial charge in [-0.15, -0.1) is 0 Å². The summed E-state index contributed by atoms with van der Waals surface area (Å²) in [5, 5.41) is 0. The standard InChI is InChI=1S/C24H33N3O3/c1-3-30-20-12-10-18(11-13-20)21-22(26-16-14-25(2)15-17-26)24(29)27(23(21)28)19-8-6-4-5-7-9-19/h10-13,19H,3-9,14-17H2,1-2H3. The third kappa shape index (κ3) is 4.10. The Kier molecular flexibility index (Phi) is 6.42. The van der Waals surface area contributed by atoms with Crippen molar-refractivity contribution in [2.75, 3.05) is 39.8 Å². The van der Waals surface area contributed by atoms with Gasteiger partial charge in [-0.3, -0.25) is 14.5 Å².